The number of nitrogens with one attached hydrogen (secondary N) is 1. The molecule has 0 aromatic carbocycles. The standard InChI is InChI=1S/C16H21N3O2/c1-2-19-10-4-8-14(12-19)18-16(21)15-13(7-5-11-20)6-3-9-17-15/h3,6,9,14,20H,2,4,8,10-12H2,1H3,(H,18,21). The SMILES string of the molecule is CCN1CCCC(NC(=O)c2ncccc2C#CCO)C1. The van der Waals surface area contributed by atoms with Crippen molar-refractivity contribution in [1.29, 1.82) is 0 Å². The van der Waals surface area contributed by atoms with Crippen LogP contribution < -0.4 is 5.32 Å². The van der Waals surface area contributed by atoms with E-state index in [-0.39, 0.29) is 18.6 Å². The van der Waals surface area contributed by atoms with Gasteiger partial charge < -0.3 is 15.3 Å². The van der Waals surface area contributed by atoms with Gasteiger partial charge >= 0.3 is 0 Å². The van der Waals surface area contributed by atoms with E-state index in [1.165, 1.54) is 0 Å². The number of aliphatic hydroxyl groups is 1. The van der Waals surface area contributed by atoms with Crippen LogP contribution in [0.15, 0.2) is 18.3 Å². The number of aromatic nitrogens is 1. The van der Waals surface area contributed by atoms with Crippen molar-refractivity contribution in [2.45, 2.75) is 25.8 Å². The fraction of sp³-hybridized carbons (Fsp3) is 0.500. The molecule has 5 heteroatoms. The second kappa shape index (κ2) is 7.77. The zero-order chi connectivity index (χ0) is 15.1. The lowest BCUT2D eigenvalue weighted by Crippen LogP contribution is -2.47. The number of hydrogen-bond donors (Lipinski definition) is 2. The van der Waals surface area contributed by atoms with E-state index in [0.29, 0.717) is 11.3 Å². The monoisotopic (exact) mass is 287 g/mol. The van der Waals surface area contributed by atoms with Crippen molar-refractivity contribution in [3.63, 3.8) is 0 Å². The molecular formula is C16H21N3O2. The number of carbonyl (C=O) groups excluding carboxylic acids is 1. The van der Waals surface area contributed by atoms with Gasteiger partial charge in [0.05, 0.1) is 5.56 Å². The summed E-state index contributed by atoms with van der Waals surface area (Å²) in [5.74, 6) is 5.13. The van der Waals surface area contributed by atoms with Gasteiger partial charge in [-0.15, -0.1) is 0 Å². The lowest BCUT2D eigenvalue weighted by atomic mass is 10.1. The Kier molecular flexibility index (Phi) is 5.73. The molecule has 1 saturated heterocycles. The zero-order valence-corrected chi connectivity index (χ0v) is 12.3. The average Bonchev–Trinajstić information content (AvgIpc) is 2.53. The number of rotatable bonds is 3. The molecular weight excluding hydrogens is 266 g/mol. The summed E-state index contributed by atoms with van der Waals surface area (Å²) in [6, 6.07) is 3.63. The van der Waals surface area contributed by atoms with Gasteiger partial charge in [-0.05, 0) is 38.1 Å². The molecule has 1 unspecified atom stereocenters. The third-order valence-electron chi connectivity index (χ3n) is 3.61. The van der Waals surface area contributed by atoms with Crippen LogP contribution in [0, 0.1) is 11.8 Å². The number of likely N-dealkylation sites (N-methyl/N-ethyl adjacent to an activating group) is 1. The second-order valence-corrected chi connectivity index (χ2v) is 5.07. The van der Waals surface area contributed by atoms with Crippen molar-refractivity contribution in [3.05, 3.63) is 29.6 Å². The Hall–Kier alpha value is -1.90. The van der Waals surface area contributed by atoms with Gasteiger partial charge in [-0.3, -0.25) is 4.79 Å². The van der Waals surface area contributed by atoms with Crippen molar-refractivity contribution in [2.24, 2.45) is 0 Å². The highest BCUT2D eigenvalue weighted by Crippen LogP contribution is 2.11. The van der Waals surface area contributed by atoms with Crippen LogP contribution in [0.2, 0.25) is 0 Å². The van der Waals surface area contributed by atoms with Gasteiger partial charge in [-0.2, -0.15) is 0 Å². The summed E-state index contributed by atoms with van der Waals surface area (Å²) in [6.07, 6.45) is 3.67. The fourth-order valence-electron chi connectivity index (χ4n) is 2.54. The van der Waals surface area contributed by atoms with E-state index in [0.717, 1.165) is 32.5 Å². The van der Waals surface area contributed by atoms with Crippen molar-refractivity contribution in [3.8, 4) is 11.8 Å². The normalized spacial score (nSPS) is 18.7. The van der Waals surface area contributed by atoms with Crippen LogP contribution in [0.5, 0.6) is 0 Å². The topological polar surface area (TPSA) is 65.5 Å². The van der Waals surface area contributed by atoms with E-state index < -0.39 is 0 Å². The van der Waals surface area contributed by atoms with Gasteiger partial charge in [0.2, 0.25) is 0 Å². The van der Waals surface area contributed by atoms with Gasteiger partial charge in [0.1, 0.15) is 12.3 Å². The molecule has 21 heavy (non-hydrogen) atoms. The molecule has 1 amide bonds. The smallest absolute Gasteiger partial charge is 0.271 e. The number of piperidine rings is 1. The highest BCUT2D eigenvalue weighted by Gasteiger charge is 2.22. The van der Waals surface area contributed by atoms with Crippen LogP contribution in [0.25, 0.3) is 0 Å². The first-order valence-electron chi connectivity index (χ1n) is 7.32. The Morgan fingerprint density at radius 2 is 2.48 bits per heavy atom. The molecule has 112 valence electrons. The van der Waals surface area contributed by atoms with Crippen LogP contribution in [0.3, 0.4) is 0 Å². The van der Waals surface area contributed by atoms with Crippen LogP contribution in [-0.4, -0.2) is 53.2 Å². The van der Waals surface area contributed by atoms with Gasteiger partial charge in [-0.25, -0.2) is 4.98 Å². The predicted octanol–water partition coefficient (Wildman–Crippen LogP) is 0.639. The Bertz CT molecular complexity index is 548. The minimum atomic E-state index is -0.232. The van der Waals surface area contributed by atoms with E-state index in [4.69, 9.17) is 5.11 Å². The van der Waals surface area contributed by atoms with E-state index in [2.05, 4.69) is 34.0 Å². The van der Waals surface area contributed by atoms with Crippen LogP contribution in [-0.2, 0) is 0 Å². The molecule has 0 spiro atoms. The molecule has 1 aromatic heterocycles. The number of nitrogens with zero attached hydrogens (tertiary/aromatic N) is 2. The number of carbonyl (C=O) groups is 1. The Balaban J connectivity index is 2.06. The molecule has 0 saturated carbocycles. The maximum atomic E-state index is 12.4. The first kappa shape index (κ1) is 15.5. The molecule has 0 aliphatic carbocycles. The number of amides is 1. The minimum Gasteiger partial charge on any atom is -0.384 e. The van der Waals surface area contributed by atoms with E-state index in [1.807, 2.05) is 0 Å². The molecule has 1 aliphatic rings. The molecule has 0 bridgehead atoms. The number of pyridine rings is 1. The van der Waals surface area contributed by atoms with Crippen molar-refractivity contribution in [1.82, 2.24) is 15.2 Å². The summed E-state index contributed by atoms with van der Waals surface area (Å²) < 4.78 is 0. The summed E-state index contributed by atoms with van der Waals surface area (Å²) in [5.41, 5.74) is 0.874. The molecule has 2 heterocycles. The second-order valence-electron chi connectivity index (χ2n) is 5.07. The van der Waals surface area contributed by atoms with Crippen molar-refractivity contribution in [2.75, 3.05) is 26.2 Å². The van der Waals surface area contributed by atoms with Gasteiger partial charge in [0.25, 0.3) is 5.91 Å². The summed E-state index contributed by atoms with van der Waals surface area (Å²) in [7, 11) is 0. The van der Waals surface area contributed by atoms with E-state index >= 15 is 0 Å². The van der Waals surface area contributed by atoms with Crippen molar-refractivity contribution >= 4 is 5.91 Å². The first-order chi connectivity index (χ1) is 10.2. The maximum absolute atomic E-state index is 12.4. The van der Waals surface area contributed by atoms with Crippen LogP contribution in [0.1, 0.15) is 35.8 Å². The summed E-state index contributed by atoms with van der Waals surface area (Å²) in [4.78, 5) is 18.8. The largest absolute Gasteiger partial charge is 0.384 e. The van der Waals surface area contributed by atoms with E-state index in [1.54, 1.807) is 18.3 Å². The number of hydrogen-bond acceptors (Lipinski definition) is 4. The molecule has 1 atom stereocenters. The minimum absolute atomic E-state index is 0.159. The van der Waals surface area contributed by atoms with E-state index in [9.17, 15) is 4.79 Å². The van der Waals surface area contributed by atoms with Gasteiger partial charge in [-0.1, -0.05) is 18.8 Å². The number of aliphatic hydroxyl groups excluding tert-OH is 1. The van der Waals surface area contributed by atoms with Gasteiger partial charge in [0, 0.05) is 18.8 Å². The van der Waals surface area contributed by atoms with Crippen LogP contribution >= 0.6 is 0 Å². The number of likely N-dealkylation sites (tertiary alicyclic amines) is 1. The summed E-state index contributed by atoms with van der Waals surface area (Å²) in [5, 5.41) is 11.8. The third kappa shape index (κ3) is 4.28. The maximum Gasteiger partial charge on any atom is 0.271 e. The lowest BCUT2D eigenvalue weighted by molar-refractivity contribution is 0.0900. The molecule has 1 aliphatic heterocycles. The average molecular weight is 287 g/mol. The molecule has 2 N–H and O–H groups in total. The molecule has 2 rings (SSSR count). The van der Waals surface area contributed by atoms with Crippen molar-refractivity contribution < 1.29 is 9.90 Å². The first-order valence-corrected chi connectivity index (χ1v) is 7.32. The third-order valence-corrected chi connectivity index (χ3v) is 3.61. The highest BCUT2D eigenvalue weighted by atomic mass is 16.2. The lowest BCUT2D eigenvalue weighted by Gasteiger charge is -2.32. The Labute approximate surface area is 125 Å². The fourth-order valence-corrected chi connectivity index (χ4v) is 2.54. The van der Waals surface area contributed by atoms with Gasteiger partial charge in [0.15, 0.2) is 0 Å². The predicted molar refractivity (Wildman–Crippen MR) is 80.8 cm³/mol. The summed E-state index contributed by atoms with van der Waals surface area (Å²) in [6.45, 7) is 4.88. The quantitative estimate of drug-likeness (QED) is 0.801. The highest BCUT2D eigenvalue weighted by molar-refractivity contribution is 5.94. The molecule has 0 radical (unpaired) electrons. The Morgan fingerprint density at radius 1 is 1.62 bits per heavy atom. The molecule has 5 nitrogen and oxygen atoms in total. The Morgan fingerprint density at radius 3 is 3.24 bits per heavy atom. The summed E-state index contributed by atoms with van der Waals surface area (Å²) >= 11 is 0. The molecule has 1 aromatic rings. The zero-order valence-electron chi connectivity index (χ0n) is 12.3. The van der Waals surface area contributed by atoms with Crippen LogP contribution in [0.4, 0.5) is 0 Å². The molecule has 1 fully saturated rings.